The molecule has 1 aromatic rings. The van der Waals surface area contributed by atoms with E-state index < -0.39 is 0 Å². The van der Waals surface area contributed by atoms with E-state index in [0.29, 0.717) is 5.89 Å². The summed E-state index contributed by atoms with van der Waals surface area (Å²) >= 11 is 0. The third kappa shape index (κ3) is 1.91. The first-order chi connectivity index (χ1) is 6.98. The Labute approximate surface area is 90.4 Å². The molecule has 1 heterocycles. The van der Waals surface area contributed by atoms with Crippen molar-refractivity contribution < 1.29 is 4.52 Å². The first kappa shape index (κ1) is 10.6. The van der Waals surface area contributed by atoms with Gasteiger partial charge in [-0.05, 0) is 33.2 Å². The van der Waals surface area contributed by atoms with Crippen LogP contribution in [0.1, 0.15) is 52.3 Å². The van der Waals surface area contributed by atoms with Gasteiger partial charge in [0, 0.05) is 5.41 Å². The lowest BCUT2D eigenvalue weighted by Gasteiger charge is -2.20. The highest BCUT2D eigenvalue weighted by Crippen LogP contribution is 2.46. The molecule has 0 unspecified atom stereocenters. The van der Waals surface area contributed by atoms with Gasteiger partial charge in [0.1, 0.15) is 0 Å². The van der Waals surface area contributed by atoms with Gasteiger partial charge in [-0.3, -0.25) is 0 Å². The Balaban J connectivity index is 2.19. The summed E-state index contributed by atoms with van der Waals surface area (Å²) in [5, 5.41) is 7.40. The molecule has 0 aliphatic heterocycles. The minimum absolute atomic E-state index is 0.185. The Morgan fingerprint density at radius 1 is 1.47 bits per heavy atom. The van der Waals surface area contributed by atoms with Gasteiger partial charge in [0.05, 0.1) is 5.54 Å². The van der Waals surface area contributed by atoms with Crippen molar-refractivity contribution in [2.24, 2.45) is 0 Å². The summed E-state index contributed by atoms with van der Waals surface area (Å²) in [5.41, 5.74) is -0.0463. The van der Waals surface area contributed by atoms with Crippen molar-refractivity contribution >= 4 is 0 Å². The lowest BCUT2D eigenvalue weighted by atomic mass is 10.1. The van der Waals surface area contributed by atoms with Crippen LogP contribution in [0.2, 0.25) is 0 Å². The predicted molar refractivity (Wildman–Crippen MR) is 57.6 cm³/mol. The second-order valence-electron chi connectivity index (χ2n) is 5.14. The average Bonchev–Trinajstić information content (AvgIpc) is 2.72. The number of aromatic nitrogens is 2. The molecule has 1 fully saturated rings. The highest BCUT2D eigenvalue weighted by atomic mass is 16.5. The molecule has 0 radical (unpaired) electrons. The molecule has 0 saturated heterocycles. The number of nitrogens with one attached hydrogen (secondary N) is 1. The normalized spacial score (nSPS) is 19.2. The zero-order valence-electron chi connectivity index (χ0n) is 9.92. The van der Waals surface area contributed by atoms with Crippen LogP contribution in [-0.2, 0) is 11.0 Å². The highest BCUT2D eigenvalue weighted by Gasteiger charge is 2.44. The van der Waals surface area contributed by atoms with Gasteiger partial charge >= 0.3 is 0 Å². The fraction of sp³-hybridized carbons (Fsp3) is 0.818. The van der Waals surface area contributed by atoms with Crippen molar-refractivity contribution in [1.82, 2.24) is 15.5 Å². The summed E-state index contributed by atoms with van der Waals surface area (Å²) in [7, 11) is 0. The molecule has 1 N–H and O–H groups in total. The molecule has 4 nitrogen and oxygen atoms in total. The quantitative estimate of drug-likeness (QED) is 0.823. The maximum Gasteiger partial charge on any atom is 0.246 e. The topological polar surface area (TPSA) is 51.0 Å². The van der Waals surface area contributed by atoms with Crippen LogP contribution in [0, 0.1) is 0 Å². The van der Waals surface area contributed by atoms with Crippen LogP contribution < -0.4 is 5.32 Å². The Morgan fingerprint density at radius 3 is 2.67 bits per heavy atom. The zero-order valence-corrected chi connectivity index (χ0v) is 9.92. The van der Waals surface area contributed by atoms with Crippen LogP contribution >= 0.6 is 0 Å². The maximum atomic E-state index is 5.32. The second-order valence-corrected chi connectivity index (χ2v) is 5.14. The van der Waals surface area contributed by atoms with Gasteiger partial charge in [-0.2, -0.15) is 4.98 Å². The van der Waals surface area contributed by atoms with E-state index in [0.717, 1.165) is 12.4 Å². The number of hydrogen-bond acceptors (Lipinski definition) is 4. The van der Waals surface area contributed by atoms with Crippen LogP contribution in [0.15, 0.2) is 4.52 Å². The van der Waals surface area contributed by atoms with Crippen molar-refractivity contribution in [1.29, 1.82) is 0 Å². The zero-order chi connectivity index (χ0) is 11.1. The number of rotatable bonds is 4. The van der Waals surface area contributed by atoms with Crippen molar-refractivity contribution in [3.8, 4) is 0 Å². The van der Waals surface area contributed by atoms with Gasteiger partial charge < -0.3 is 9.84 Å². The van der Waals surface area contributed by atoms with Gasteiger partial charge in [-0.15, -0.1) is 0 Å². The Hall–Kier alpha value is -0.900. The highest BCUT2D eigenvalue weighted by molar-refractivity contribution is 5.15. The summed E-state index contributed by atoms with van der Waals surface area (Å²) in [4.78, 5) is 4.49. The third-order valence-corrected chi connectivity index (χ3v) is 3.12. The van der Waals surface area contributed by atoms with Gasteiger partial charge in [-0.1, -0.05) is 19.0 Å². The van der Waals surface area contributed by atoms with Crippen molar-refractivity contribution in [3.63, 3.8) is 0 Å². The van der Waals surface area contributed by atoms with Gasteiger partial charge in [0.15, 0.2) is 5.82 Å². The Bertz CT molecular complexity index is 352. The minimum atomic E-state index is -0.231. The molecule has 0 aromatic carbocycles. The first-order valence-electron chi connectivity index (χ1n) is 5.58. The van der Waals surface area contributed by atoms with Crippen LogP contribution in [0.25, 0.3) is 0 Å². The first-order valence-corrected chi connectivity index (χ1v) is 5.58. The van der Waals surface area contributed by atoms with E-state index >= 15 is 0 Å². The lowest BCUT2D eigenvalue weighted by Crippen LogP contribution is -2.36. The van der Waals surface area contributed by atoms with E-state index in [9.17, 15) is 0 Å². The van der Waals surface area contributed by atoms with Crippen molar-refractivity contribution in [2.75, 3.05) is 6.54 Å². The number of hydrogen-bond donors (Lipinski definition) is 1. The maximum absolute atomic E-state index is 5.32. The standard InChI is InChI=1S/C11H19N3O/c1-5-12-10(2,3)9-13-8(14-15-9)11(4)6-7-11/h12H,5-7H2,1-4H3. The summed E-state index contributed by atoms with van der Waals surface area (Å²) in [6, 6.07) is 0. The Kier molecular flexibility index (Phi) is 2.34. The van der Waals surface area contributed by atoms with E-state index in [2.05, 4.69) is 43.2 Å². The third-order valence-electron chi connectivity index (χ3n) is 3.12. The second kappa shape index (κ2) is 3.30. The summed E-state index contributed by atoms with van der Waals surface area (Å²) in [6.07, 6.45) is 2.35. The average molecular weight is 209 g/mol. The van der Waals surface area contributed by atoms with E-state index in [1.165, 1.54) is 12.8 Å². The van der Waals surface area contributed by atoms with Gasteiger partial charge in [0.25, 0.3) is 0 Å². The minimum Gasteiger partial charge on any atom is -0.337 e. The SMILES string of the molecule is CCNC(C)(C)c1nc(C2(C)CC2)no1. The predicted octanol–water partition coefficient (Wildman–Crippen LogP) is 1.97. The van der Waals surface area contributed by atoms with Crippen LogP contribution in [0.5, 0.6) is 0 Å². The smallest absolute Gasteiger partial charge is 0.246 e. The van der Waals surface area contributed by atoms with Crippen LogP contribution in [-0.4, -0.2) is 16.7 Å². The van der Waals surface area contributed by atoms with Gasteiger partial charge in [-0.25, -0.2) is 0 Å². The monoisotopic (exact) mass is 209 g/mol. The van der Waals surface area contributed by atoms with Gasteiger partial charge in [0.2, 0.25) is 5.89 Å². The van der Waals surface area contributed by atoms with E-state index in [-0.39, 0.29) is 11.0 Å². The molecule has 2 rings (SSSR count). The van der Waals surface area contributed by atoms with E-state index in [1.807, 2.05) is 0 Å². The molecule has 1 saturated carbocycles. The van der Waals surface area contributed by atoms with Crippen LogP contribution in [0.4, 0.5) is 0 Å². The summed E-state index contributed by atoms with van der Waals surface area (Å²) in [5.74, 6) is 1.55. The molecular formula is C11H19N3O. The molecule has 84 valence electrons. The largest absolute Gasteiger partial charge is 0.337 e. The van der Waals surface area contributed by atoms with Crippen molar-refractivity contribution in [3.05, 3.63) is 11.7 Å². The summed E-state index contributed by atoms with van der Waals surface area (Å²) in [6.45, 7) is 9.26. The molecule has 0 bridgehead atoms. The van der Waals surface area contributed by atoms with E-state index in [1.54, 1.807) is 0 Å². The molecule has 1 aromatic heterocycles. The Morgan fingerprint density at radius 2 is 2.13 bits per heavy atom. The van der Waals surface area contributed by atoms with E-state index in [4.69, 9.17) is 4.52 Å². The van der Waals surface area contributed by atoms with Crippen molar-refractivity contribution in [2.45, 2.75) is 51.5 Å². The molecular weight excluding hydrogens is 190 g/mol. The lowest BCUT2D eigenvalue weighted by molar-refractivity contribution is 0.270. The molecule has 4 heteroatoms. The molecule has 15 heavy (non-hydrogen) atoms. The fourth-order valence-electron chi connectivity index (χ4n) is 1.65. The fourth-order valence-corrected chi connectivity index (χ4v) is 1.65. The molecule has 1 aliphatic rings. The molecule has 0 amide bonds. The number of nitrogens with zero attached hydrogens (tertiary/aromatic N) is 2. The molecule has 1 aliphatic carbocycles. The summed E-state index contributed by atoms with van der Waals surface area (Å²) < 4.78 is 5.32. The molecule has 0 atom stereocenters. The molecule has 0 spiro atoms. The van der Waals surface area contributed by atoms with Crippen LogP contribution in [0.3, 0.4) is 0 Å².